The lowest BCUT2D eigenvalue weighted by atomic mass is 10.1. The molecule has 0 spiro atoms. The molecular formula is C14H14Cl2F6N2Si. The van der Waals surface area contributed by atoms with Crippen molar-refractivity contribution >= 4 is 34.8 Å². The molecule has 0 amide bonds. The predicted molar refractivity (Wildman–Crippen MR) is 86.9 cm³/mol. The first-order valence-corrected chi connectivity index (χ1v) is 11.0. The summed E-state index contributed by atoms with van der Waals surface area (Å²) in [5.74, 6) is -0.514. The van der Waals surface area contributed by atoms with Crippen molar-refractivity contribution in [3.63, 3.8) is 0 Å². The van der Waals surface area contributed by atoms with E-state index in [1.165, 1.54) is 45.0 Å². The van der Waals surface area contributed by atoms with Crippen LogP contribution in [0.4, 0.5) is 26.3 Å². The van der Waals surface area contributed by atoms with Crippen molar-refractivity contribution < 1.29 is 26.3 Å². The summed E-state index contributed by atoms with van der Waals surface area (Å²) in [5.41, 5.74) is -1.14. The first-order chi connectivity index (χ1) is 11.1. The second kappa shape index (κ2) is 5.78. The maximum absolute atomic E-state index is 13.7. The molecule has 2 nitrogen and oxygen atoms in total. The molecule has 0 aromatic heterocycles. The van der Waals surface area contributed by atoms with Gasteiger partial charge in [0.05, 0.1) is 0 Å². The Morgan fingerprint density at radius 1 is 0.920 bits per heavy atom. The van der Waals surface area contributed by atoms with Crippen molar-refractivity contribution in [3.8, 4) is 0 Å². The fourth-order valence-corrected chi connectivity index (χ4v) is 8.79. The molecule has 0 saturated heterocycles. The van der Waals surface area contributed by atoms with E-state index in [0.717, 1.165) is 4.57 Å². The number of benzene rings is 1. The Balaban J connectivity index is 2.89. The molecule has 1 aromatic rings. The van der Waals surface area contributed by atoms with Crippen LogP contribution in [0.2, 0.25) is 0 Å². The van der Waals surface area contributed by atoms with Gasteiger partial charge in [-0.1, -0.05) is 30.3 Å². The van der Waals surface area contributed by atoms with Gasteiger partial charge in [-0.05, 0) is 20.8 Å². The molecule has 1 aromatic carbocycles. The van der Waals surface area contributed by atoms with Crippen LogP contribution in [-0.4, -0.2) is 40.3 Å². The first kappa shape index (κ1) is 20.4. The number of nitrogens with zero attached hydrogens (tertiary/aromatic N) is 2. The van der Waals surface area contributed by atoms with Gasteiger partial charge in [0.25, 0.3) is 5.16 Å². The van der Waals surface area contributed by atoms with E-state index in [9.17, 15) is 26.3 Å². The molecule has 25 heavy (non-hydrogen) atoms. The Hall–Kier alpha value is -0.933. The Labute approximate surface area is 150 Å². The van der Waals surface area contributed by atoms with Gasteiger partial charge < -0.3 is 4.57 Å². The minimum Gasteiger partial charge on any atom is -0.352 e. The summed E-state index contributed by atoms with van der Waals surface area (Å²) in [6, 6.07) is 7.25. The monoisotopic (exact) mass is 422 g/mol. The summed E-state index contributed by atoms with van der Waals surface area (Å²) in [4.78, 5) is 3.12. The molecule has 2 rings (SSSR count). The highest BCUT2D eigenvalue weighted by Gasteiger charge is 2.87. The standard InChI is InChI=1S/C14H14Cl2F6N2Si/c1-11(2,3)24-10(9-7-5-4-6-8-9)23-12(13(17,18)19,14(20,21)22)25(24,15)16/h4-8H,1-3H3. The zero-order valence-corrected chi connectivity index (χ0v) is 15.8. The zero-order chi connectivity index (χ0) is 19.5. The highest BCUT2D eigenvalue weighted by molar-refractivity contribution is 7.46. The Morgan fingerprint density at radius 2 is 1.36 bits per heavy atom. The van der Waals surface area contributed by atoms with Gasteiger partial charge in [-0.15, -0.1) is 22.2 Å². The molecule has 1 aliphatic rings. The number of aliphatic imine (C=N–C) groups is 1. The van der Waals surface area contributed by atoms with Crippen LogP contribution in [0.5, 0.6) is 0 Å². The number of halogens is 8. The van der Waals surface area contributed by atoms with Crippen LogP contribution >= 0.6 is 22.2 Å². The quantitative estimate of drug-likeness (QED) is 0.337. The van der Waals surface area contributed by atoms with Crippen LogP contribution in [0.1, 0.15) is 26.3 Å². The van der Waals surface area contributed by atoms with Crippen LogP contribution in [0, 0.1) is 0 Å². The van der Waals surface area contributed by atoms with Crippen LogP contribution in [0.25, 0.3) is 0 Å². The second-order valence-electron chi connectivity index (χ2n) is 6.55. The van der Waals surface area contributed by atoms with E-state index < -0.39 is 35.7 Å². The average Bonchev–Trinajstić information content (AvgIpc) is 2.67. The molecule has 0 fully saturated rings. The van der Waals surface area contributed by atoms with Crippen molar-refractivity contribution in [2.24, 2.45) is 4.99 Å². The molecule has 0 N–H and O–H groups in total. The third-order valence-electron chi connectivity index (χ3n) is 3.72. The van der Waals surface area contributed by atoms with E-state index in [1.807, 2.05) is 0 Å². The van der Waals surface area contributed by atoms with Crippen molar-refractivity contribution in [1.82, 2.24) is 4.57 Å². The van der Waals surface area contributed by atoms with E-state index in [1.54, 1.807) is 6.07 Å². The van der Waals surface area contributed by atoms with Gasteiger partial charge in [0.1, 0.15) is 5.84 Å². The average molecular weight is 423 g/mol. The van der Waals surface area contributed by atoms with Crippen LogP contribution in [0.15, 0.2) is 35.3 Å². The lowest BCUT2D eigenvalue weighted by Gasteiger charge is -2.45. The lowest BCUT2D eigenvalue weighted by molar-refractivity contribution is -0.267. The molecule has 0 bridgehead atoms. The second-order valence-corrected chi connectivity index (χ2v) is 12.7. The number of amidine groups is 1. The molecule has 140 valence electrons. The third kappa shape index (κ3) is 2.93. The van der Waals surface area contributed by atoms with Crippen molar-refractivity contribution in [2.75, 3.05) is 0 Å². The topological polar surface area (TPSA) is 15.6 Å². The molecule has 1 heterocycles. The summed E-state index contributed by atoms with van der Waals surface area (Å²) in [7, 11) is 0. The number of rotatable bonds is 1. The minimum absolute atomic E-state index is 0.0750. The van der Waals surface area contributed by atoms with Gasteiger partial charge >= 0.3 is 19.2 Å². The van der Waals surface area contributed by atoms with Gasteiger partial charge in [-0.25, -0.2) is 4.99 Å². The first-order valence-electron chi connectivity index (χ1n) is 7.04. The molecule has 1 aliphatic heterocycles. The lowest BCUT2D eigenvalue weighted by Crippen LogP contribution is -2.73. The van der Waals surface area contributed by atoms with Crippen molar-refractivity contribution in [2.45, 2.75) is 43.8 Å². The number of hydrogen-bond donors (Lipinski definition) is 0. The number of alkyl halides is 6. The molecule has 11 heteroatoms. The van der Waals surface area contributed by atoms with Crippen molar-refractivity contribution in [3.05, 3.63) is 35.9 Å². The fourth-order valence-electron chi connectivity index (χ4n) is 2.72. The SMILES string of the molecule is CC(C)(C)N1C(c2ccccc2)=NC(C(F)(F)F)(C(F)(F)F)[Si]1(Cl)Cl. The molecule has 0 radical (unpaired) electrons. The fraction of sp³-hybridized carbons (Fsp3) is 0.500. The van der Waals surface area contributed by atoms with E-state index >= 15 is 0 Å². The summed E-state index contributed by atoms with van der Waals surface area (Å²) >= 11 is 11.9. The Morgan fingerprint density at radius 3 is 1.72 bits per heavy atom. The largest absolute Gasteiger partial charge is 0.424 e. The molecule has 0 saturated carbocycles. The highest BCUT2D eigenvalue weighted by atomic mass is 35.7. The Kier molecular flexibility index (Phi) is 4.72. The van der Waals surface area contributed by atoms with E-state index in [2.05, 4.69) is 4.99 Å². The summed E-state index contributed by atoms with van der Waals surface area (Å²) in [5, 5.41) is -4.55. The van der Waals surface area contributed by atoms with Crippen LogP contribution in [0.3, 0.4) is 0 Å². The molecule has 0 aliphatic carbocycles. The summed E-state index contributed by atoms with van der Waals surface area (Å²) < 4.78 is 82.8. The van der Waals surface area contributed by atoms with Crippen LogP contribution in [-0.2, 0) is 0 Å². The normalized spacial score (nSPS) is 20.6. The van der Waals surface area contributed by atoms with Gasteiger partial charge in [-0.3, -0.25) is 0 Å². The minimum atomic E-state index is -5.80. The van der Waals surface area contributed by atoms with Crippen LogP contribution < -0.4 is 0 Å². The van der Waals surface area contributed by atoms with Gasteiger partial charge in [-0.2, -0.15) is 26.3 Å². The van der Waals surface area contributed by atoms with E-state index in [-0.39, 0.29) is 5.56 Å². The van der Waals surface area contributed by atoms with Gasteiger partial charge in [0.15, 0.2) is 0 Å². The van der Waals surface area contributed by atoms with E-state index in [0.29, 0.717) is 0 Å². The molecule has 0 atom stereocenters. The third-order valence-corrected chi connectivity index (χ3v) is 9.37. The van der Waals surface area contributed by atoms with Gasteiger partial charge in [0, 0.05) is 11.1 Å². The molecular weight excluding hydrogens is 409 g/mol. The highest BCUT2D eigenvalue weighted by Crippen LogP contribution is 2.59. The Bertz CT molecular complexity index is 665. The van der Waals surface area contributed by atoms with Crippen molar-refractivity contribution in [1.29, 1.82) is 0 Å². The maximum atomic E-state index is 13.7. The molecule has 0 unspecified atom stereocenters. The smallest absolute Gasteiger partial charge is 0.352 e. The van der Waals surface area contributed by atoms with Gasteiger partial charge in [0.2, 0.25) is 0 Å². The zero-order valence-electron chi connectivity index (χ0n) is 13.3. The number of hydrogen-bond acceptors (Lipinski definition) is 2. The maximum Gasteiger partial charge on any atom is 0.424 e. The summed E-state index contributed by atoms with van der Waals surface area (Å²) in [6.45, 7) is -0.983. The van der Waals surface area contributed by atoms with E-state index in [4.69, 9.17) is 22.2 Å². The summed E-state index contributed by atoms with van der Waals surface area (Å²) in [6.07, 6.45) is -11.6. The predicted octanol–water partition coefficient (Wildman–Crippen LogP) is 5.37.